The van der Waals surface area contributed by atoms with Crippen molar-refractivity contribution in [2.45, 2.75) is 6.18 Å². The molecule has 0 aliphatic carbocycles. The Kier molecular flexibility index (Phi) is 3.78. The second-order valence-corrected chi connectivity index (χ2v) is 4.53. The maximum absolute atomic E-state index is 12.9. The van der Waals surface area contributed by atoms with Crippen LogP contribution in [0.15, 0.2) is 35.1 Å². The minimum Gasteiger partial charge on any atom is -0.545 e. The summed E-state index contributed by atoms with van der Waals surface area (Å²) in [5.41, 5.74) is -4.30. The van der Waals surface area contributed by atoms with Gasteiger partial charge in [0.1, 0.15) is 5.69 Å². The molecule has 0 saturated heterocycles. The molecule has 0 aliphatic rings. The molecular weight excluding hydrogens is 311 g/mol. The first-order valence-corrected chi connectivity index (χ1v) is 5.89. The Hall–Kier alpha value is -2.28. The smallest absolute Gasteiger partial charge is 0.432 e. The van der Waals surface area contributed by atoms with E-state index in [2.05, 4.69) is 0 Å². The Morgan fingerprint density at radius 2 is 1.76 bits per heavy atom. The third-order valence-corrected chi connectivity index (χ3v) is 2.93. The topological polar surface area (TPSA) is 73.0 Å². The summed E-state index contributed by atoms with van der Waals surface area (Å²) in [7, 11) is 0. The Balaban J connectivity index is 2.72. The number of carbonyl (C=O) groups is 1. The Morgan fingerprint density at radius 3 is 2.24 bits per heavy atom. The highest BCUT2D eigenvalue weighted by atomic mass is 35.5. The van der Waals surface area contributed by atoms with Gasteiger partial charge in [0.15, 0.2) is 5.43 Å². The van der Waals surface area contributed by atoms with E-state index in [0.29, 0.717) is 5.02 Å². The Labute approximate surface area is 120 Å². The summed E-state index contributed by atoms with van der Waals surface area (Å²) in [4.78, 5) is 24.3. The molecule has 21 heavy (non-hydrogen) atoms. The van der Waals surface area contributed by atoms with Gasteiger partial charge in [-0.2, -0.15) is 13.2 Å². The van der Waals surface area contributed by atoms with Gasteiger partial charge < -0.3 is 14.9 Å². The third kappa shape index (κ3) is 3.08. The van der Waals surface area contributed by atoms with Crippen molar-refractivity contribution in [3.63, 3.8) is 0 Å². The molecule has 2 aromatic rings. The van der Waals surface area contributed by atoms with Crippen LogP contribution in [0.3, 0.4) is 0 Å². The Bertz CT molecular complexity index is 751. The highest BCUT2D eigenvalue weighted by Gasteiger charge is 2.36. The maximum atomic E-state index is 12.9. The van der Waals surface area contributed by atoms with E-state index < -0.39 is 28.8 Å². The number of hydrogen-bond acceptors (Lipinski definition) is 3. The van der Waals surface area contributed by atoms with Gasteiger partial charge in [0.05, 0.1) is 11.5 Å². The molecule has 2 rings (SSSR count). The van der Waals surface area contributed by atoms with Gasteiger partial charge in [-0.15, -0.1) is 0 Å². The zero-order valence-electron chi connectivity index (χ0n) is 10.1. The standard InChI is InChI=1S/C13H7ClF3NO3/c14-7-3-1-6(2-4-7)8-5-9(19)10(12(20)21)11(18-8)13(15,16)17/h1-5H,(H,18,19)(H,20,21)/p-1. The molecule has 1 aromatic carbocycles. The summed E-state index contributed by atoms with van der Waals surface area (Å²) < 4.78 is 38.6. The number of aromatic carboxylic acids is 1. The second-order valence-electron chi connectivity index (χ2n) is 4.09. The molecule has 0 spiro atoms. The lowest BCUT2D eigenvalue weighted by Gasteiger charge is -2.14. The molecule has 1 heterocycles. The van der Waals surface area contributed by atoms with E-state index in [1.54, 1.807) is 0 Å². The van der Waals surface area contributed by atoms with Crippen molar-refractivity contribution >= 4 is 17.6 Å². The van der Waals surface area contributed by atoms with Crippen molar-refractivity contribution < 1.29 is 23.1 Å². The lowest BCUT2D eigenvalue weighted by molar-refractivity contribution is -0.256. The van der Waals surface area contributed by atoms with Crippen molar-refractivity contribution in [1.82, 2.24) is 4.98 Å². The molecule has 4 nitrogen and oxygen atoms in total. The molecule has 0 unspecified atom stereocenters. The number of carboxylic acid groups (broad SMARTS) is 1. The number of pyridine rings is 1. The van der Waals surface area contributed by atoms with Gasteiger partial charge in [-0.25, -0.2) is 0 Å². The molecule has 0 amide bonds. The van der Waals surface area contributed by atoms with Gasteiger partial charge in [-0.3, -0.25) is 4.79 Å². The quantitative estimate of drug-likeness (QED) is 0.922. The van der Waals surface area contributed by atoms with E-state index in [1.165, 1.54) is 24.3 Å². The van der Waals surface area contributed by atoms with Crippen LogP contribution in [0.1, 0.15) is 16.1 Å². The van der Waals surface area contributed by atoms with Gasteiger partial charge in [0.25, 0.3) is 0 Å². The number of halogens is 4. The molecule has 0 bridgehead atoms. The van der Waals surface area contributed by atoms with Crippen molar-refractivity contribution in [3.8, 4) is 11.3 Å². The molecule has 0 aliphatic heterocycles. The molecule has 0 radical (unpaired) electrons. The van der Waals surface area contributed by atoms with Gasteiger partial charge in [-0.1, -0.05) is 23.7 Å². The summed E-state index contributed by atoms with van der Waals surface area (Å²) >= 11 is 5.66. The zero-order valence-corrected chi connectivity index (χ0v) is 10.9. The molecule has 8 heteroatoms. The number of aromatic nitrogens is 1. The van der Waals surface area contributed by atoms with Crippen LogP contribution in [0.4, 0.5) is 13.2 Å². The lowest BCUT2D eigenvalue weighted by Crippen LogP contribution is -2.33. The van der Waals surface area contributed by atoms with Crippen LogP contribution in [-0.4, -0.2) is 11.0 Å². The summed E-state index contributed by atoms with van der Waals surface area (Å²) in [6, 6.07) is 6.41. The summed E-state index contributed by atoms with van der Waals surface area (Å²) in [6.07, 6.45) is -5.03. The van der Waals surface area contributed by atoms with Gasteiger partial charge in [0, 0.05) is 16.8 Å². The highest BCUT2D eigenvalue weighted by Crippen LogP contribution is 2.31. The van der Waals surface area contributed by atoms with Crippen molar-refractivity contribution in [2.24, 2.45) is 0 Å². The van der Waals surface area contributed by atoms with Crippen molar-refractivity contribution in [1.29, 1.82) is 0 Å². The highest BCUT2D eigenvalue weighted by molar-refractivity contribution is 6.30. The van der Waals surface area contributed by atoms with Crippen LogP contribution in [0, 0.1) is 0 Å². The van der Waals surface area contributed by atoms with Crippen LogP contribution < -0.4 is 10.5 Å². The number of rotatable bonds is 2. The SMILES string of the molecule is O=C([O-])c1c(C(F)(F)F)[nH]c(-c2ccc(Cl)cc2)cc1=O. The van der Waals surface area contributed by atoms with Gasteiger partial charge >= 0.3 is 6.18 Å². The van der Waals surface area contributed by atoms with Gasteiger partial charge in [0.2, 0.25) is 0 Å². The third-order valence-electron chi connectivity index (χ3n) is 2.67. The van der Waals surface area contributed by atoms with Crippen LogP contribution in [0.2, 0.25) is 5.02 Å². The fourth-order valence-corrected chi connectivity index (χ4v) is 1.89. The number of nitrogens with one attached hydrogen (secondary N) is 1. The number of carboxylic acids is 1. The maximum Gasteiger partial charge on any atom is 0.432 e. The van der Waals surface area contributed by atoms with E-state index in [-0.39, 0.29) is 11.3 Å². The number of benzene rings is 1. The largest absolute Gasteiger partial charge is 0.545 e. The minimum absolute atomic E-state index is 0.172. The fraction of sp³-hybridized carbons (Fsp3) is 0.0769. The van der Waals surface area contributed by atoms with Crippen LogP contribution in [0.5, 0.6) is 0 Å². The first-order chi connectivity index (χ1) is 9.70. The molecule has 1 N–H and O–H groups in total. The van der Waals surface area contributed by atoms with Crippen molar-refractivity contribution in [2.75, 3.05) is 0 Å². The average Bonchev–Trinajstić information content (AvgIpc) is 2.37. The summed E-state index contributed by atoms with van der Waals surface area (Å²) in [6.45, 7) is 0. The molecule has 0 atom stereocenters. The van der Waals surface area contributed by atoms with Gasteiger partial charge in [-0.05, 0) is 17.7 Å². The van der Waals surface area contributed by atoms with Crippen molar-refractivity contribution in [3.05, 3.63) is 56.8 Å². The first kappa shape index (κ1) is 15.1. The monoisotopic (exact) mass is 316 g/mol. The number of alkyl halides is 3. The number of H-pyrrole nitrogens is 1. The number of hydrogen-bond donors (Lipinski definition) is 1. The number of carbonyl (C=O) groups excluding carboxylic acids is 1. The van der Waals surface area contributed by atoms with E-state index in [4.69, 9.17) is 11.6 Å². The van der Waals surface area contributed by atoms with E-state index in [0.717, 1.165) is 6.07 Å². The predicted octanol–water partition coefficient (Wildman–Crippen LogP) is 2.08. The lowest BCUT2D eigenvalue weighted by atomic mass is 10.1. The molecule has 1 aromatic heterocycles. The van der Waals surface area contributed by atoms with E-state index >= 15 is 0 Å². The van der Waals surface area contributed by atoms with E-state index in [1.807, 2.05) is 4.98 Å². The Morgan fingerprint density at radius 1 is 1.19 bits per heavy atom. The first-order valence-electron chi connectivity index (χ1n) is 5.52. The molecule has 110 valence electrons. The fourth-order valence-electron chi connectivity index (χ4n) is 1.76. The normalized spacial score (nSPS) is 11.4. The predicted molar refractivity (Wildman–Crippen MR) is 66.8 cm³/mol. The van der Waals surface area contributed by atoms with Crippen LogP contribution >= 0.6 is 11.6 Å². The molecular formula is C13H6ClF3NO3-. The molecule has 0 saturated carbocycles. The van der Waals surface area contributed by atoms with Crippen LogP contribution in [-0.2, 0) is 6.18 Å². The summed E-state index contributed by atoms with van der Waals surface area (Å²) in [5, 5.41) is 11.1. The van der Waals surface area contributed by atoms with E-state index in [9.17, 15) is 27.9 Å². The average molecular weight is 317 g/mol. The van der Waals surface area contributed by atoms with Crippen LogP contribution in [0.25, 0.3) is 11.3 Å². The minimum atomic E-state index is -5.03. The second kappa shape index (κ2) is 5.25. The molecule has 0 fully saturated rings. The number of aromatic amines is 1. The zero-order chi connectivity index (χ0) is 15.8. The summed E-state index contributed by atoms with van der Waals surface area (Å²) in [5.74, 6) is -2.19.